The van der Waals surface area contributed by atoms with Crippen molar-refractivity contribution in [1.29, 1.82) is 0 Å². The van der Waals surface area contributed by atoms with Crippen LogP contribution in [-0.4, -0.2) is 23.7 Å². The Kier molecular flexibility index (Phi) is 4.10. The monoisotopic (exact) mass is 213 g/mol. The molecule has 78 valence electrons. The van der Waals surface area contributed by atoms with Gasteiger partial charge in [0, 0.05) is 11.4 Å². The second kappa shape index (κ2) is 5.12. The number of carbonyl (C=O) groups is 1. The van der Waals surface area contributed by atoms with Crippen LogP contribution in [0.3, 0.4) is 0 Å². The van der Waals surface area contributed by atoms with E-state index in [1.807, 2.05) is 5.38 Å². The molecule has 0 aliphatic heterocycles. The first-order chi connectivity index (χ1) is 6.61. The van der Waals surface area contributed by atoms with E-state index >= 15 is 0 Å². The molecular weight excluding hydrogens is 198 g/mol. The minimum atomic E-state index is -0.917. The Morgan fingerprint density at radius 3 is 2.93 bits per heavy atom. The van der Waals surface area contributed by atoms with Crippen LogP contribution in [0.5, 0.6) is 0 Å². The van der Waals surface area contributed by atoms with Crippen LogP contribution in [0.2, 0.25) is 0 Å². The van der Waals surface area contributed by atoms with E-state index in [-0.39, 0.29) is 5.91 Å². The summed E-state index contributed by atoms with van der Waals surface area (Å²) in [6, 6.07) is 2.07. The average molecular weight is 213 g/mol. The first-order valence-electron chi connectivity index (χ1n) is 4.60. The molecule has 1 aromatic rings. The Hall–Kier alpha value is -0.870. The van der Waals surface area contributed by atoms with Crippen LogP contribution in [-0.2, 0) is 11.2 Å². The summed E-state index contributed by atoms with van der Waals surface area (Å²) >= 11 is 1.70. The SMILES string of the molecule is Cc1ccsc1CCNC(=O)C(C)O. The molecule has 1 atom stereocenters. The van der Waals surface area contributed by atoms with Crippen molar-refractivity contribution in [2.24, 2.45) is 0 Å². The second-order valence-electron chi connectivity index (χ2n) is 3.24. The van der Waals surface area contributed by atoms with Crippen molar-refractivity contribution in [3.8, 4) is 0 Å². The highest BCUT2D eigenvalue weighted by atomic mass is 32.1. The Morgan fingerprint density at radius 2 is 2.43 bits per heavy atom. The Balaban J connectivity index is 2.29. The molecule has 0 fully saturated rings. The van der Waals surface area contributed by atoms with Crippen molar-refractivity contribution < 1.29 is 9.90 Å². The maximum absolute atomic E-state index is 11.0. The van der Waals surface area contributed by atoms with Gasteiger partial charge >= 0.3 is 0 Å². The van der Waals surface area contributed by atoms with Gasteiger partial charge in [0.15, 0.2) is 0 Å². The number of aryl methyl sites for hydroxylation is 1. The lowest BCUT2D eigenvalue weighted by molar-refractivity contribution is -0.128. The molecule has 1 amide bonds. The highest BCUT2D eigenvalue weighted by Gasteiger charge is 2.07. The van der Waals surface area contributed by atoms with Crippen molar-refractivity contribution in [2.45, 2.75) is 26.4 Å². The van der Waals surface area contributed by atoms with Crippen LogP contribution < -0.4 is 5.32 Å². The summed E-state index contributed by atoms with van der Waals surface area (Å²) in [7, 11) is 0. The molecule has 1 heterocycles. The maximum atomic E-state index is 11.0. The van der Waals surface area contributed by atoms with Crippen molar-refractivity contribution in [3.05, 3.63) is 21.9 Å². The third kappa shape index (κ3) is 3.12. The van der Waals surface area contributed by atoms with Gasteiger partial charge < -0.3 is 10.4 Å². The van der Waals surface area contributed by atoms with E-state index in [9.17, 15) is 4.79 Å². The van der Waals surface area contributed by atoms with E-state index < -0.39 is 6.10 Å². The number of carbonyl (C=O) groups excluding carboxylic acids is 1. The number of hydrogen-bond acceptors (Lipinski definition) is 3. The van der Waals surface area contributed by atoms with Crippen molar-refractivity contribution in [2.75, 3.05) is 6.54 Å². The maximum Gasteiger partial charge on any atom is 0.248 e. The molecule has 3 nitrogen and oxygen atoms in total. The van der Waals surface area contributed by atoms with Crippen molar-refractivity contribution >= 4 is 17.2 Å². The fourth-order valence-electron chi connectivity index (χ4n) is 1.11. The van der Waals surface area contributed by atoms with Gasteiger partial charge in [-0.15, -0.1) is 11.3 Å². The Labute approximate surface area is 87.8 Å². The van der Waals surface area contributed by atoms with E-state index in [2.05, 4.69) is 18.3 Å². The molecule has 0 spiro atoms. The van der Waals surface area contributed by atoms with E-state index in [1.54, 1.807) is 11.3 Å². The van der Waals surface area contributed by atoms with Gasteiger partial charge in [0.05, 0.1) is 0 Å². The smallest absolute Gasteiger partial charge is 0.248 e. The quantitative estimate of drug-likeness (QED) is 0.786. The highest BCUT2D eigenvalue weighted by Crippen LogP contribution is 2.15. The first-order valence-corrected chi connectivity index (χ1v) is 5.48. The molecule has 0 aromatic carbocycles. The molecule has 1 rings (SSSR count). The van der Waals surface area contributed by atoms with E-state index in [4.69, 9.17) is 5.11 Å². The molecule has 0 radical (unpaired) electrons. The van der Waals surface area contributed by atoms with Crippen LogP contribution in [0, 0.1) is 6.92 Å². The zero-order chi connectivity index (χ0) is 10.6. The first kappa shape index (κ1) is 11.2. The molecule has 1 unspecified atom stereocenters. The third-order valence-electron chi connectivity index (χ3n) is 2.00. The number of nitrogens with one attached hydrogen (secondary N) is 1. The number of thiophene rings is 1. The fraction of sp³-hybridized carbons (Fsp3) is 0.500. The minimum Gasteiger partial charge on any atom is -0.384 e. The highest BCUT2D eigenvalue weighted by molar-refractivity contribution is 7.10. The third-order valence-corrected chi connectivity index (χ3v) is 3.08. The molecule has 14 heavy (non-hydrogen) atoms. The van der Waals surface area contributed by atoms with Crippen LogP contribution in [0.1, 0.15) is 17.4 Å². The summed E-state index contributed by atoms with van der Waals surface area (Å²) in [5, 5.41) is 13.6. The lowest BCUT2D eigenvalue weighted by atomic mass is 10.2. The largest absolute Gasteiger partial charge is 0.384 e. The molecule has 1 aromatic heterocycles. The summed E-state index contributed by atoms with van der Waals surface area (Å²) in [6.07, 6.45) is -0.0819. The van der Waals surface area contributed by atoms with Gasteiger partial charge in [0.2, 0.25) is 5.91 Å². The zero-order valence-corrected chi connectivity index (χ0v) is 9.23. The summed E-state index contributed by atoms with van der Waals surface area (Å²) in [4.78, 5) is 12.3. The summed E-state index contributed by atoms with van der Waals surface area (Å²) in [5.74, 6) is -0.306. The zero-order valence-electron chi connectivity index (χ0n) is 8.41. The van der Waals surface area contributed by atoms with Crippen LogP contribution in [0.15, 0.2) is 11.4 Å². The fourth-order valence-corrected chi connectivity index (χ4v) is 2.02. The van der Waals surface area contributed by atoms with Crippen LogP contribution in [0.25, 0.3) is 0 Å². The lowest BCUT2D eigenvalue weighted by Crippen LogP contribution is -2.33. The number of amides is 1. The molecule has 0 saturated carbocycles. The Morgan fingerprint density at radius 1 is 1.71 bits per heavy atom. The van der Waals surface area contributed by atoms with Crippen LogP contribution in [0.4, 0.5) is 0 Å². The van der Waals surface area contributed by atoms with Crippen LogP contribution >= 0.6 is 11.3 Å². The van der Waals surface area contributed by atoms with Gasteiger partial charge in [-0.05, 0) is 37.3 Å². The predicted molar refractivity (Wildman–Crippen MR) is 57.5 cm³/mol. The number of aliphatic hydroxyl groups excluding tert-OH is 1. The van der Waals surface area contributed by atoms with Crippen molar-refractivity contribution in [3.63, 3.8) is 0 Å². The summed E-state index contributed by atoms with van der Waals surface area (Å²) < 4.78 is 0. The average Bonchev–Trinajstić information content (AvgIpc) is 2.51. The predicted octanol–water partition coefficient (Wildman–Crippen LogP) is 1.10. The van der Waals surface area contributed by atoms with Gasteiger partial charge in [-0.3, -0.25) is 4.79 Å². The molecular formula is C10H15NO2S. The van der Waals surface area contributed by atoms with E-state index in [0.29, 0.717) is 6.54 Å². The molecule has 2 N–H and O–H groups in total. The minimum absolute atomic E-state index is 0.306. The van der Waals surface area contributed by atoms with Gasteiger partial charge in [0.25, 0.3) is 0 Å². The summed E-state index contributed by atoms with van der Waals surface area (Å²) in [6.45, 7) is 4.11. The van der Waals surface area contributed by atoms with Gasteiger partial charge in [-0.2, -0.15) is 0 Å². The second-order valence-corrected chi connectivity index (χ2v) is 4.24. The Bertz CT molecular complexity index is 307. The molecule has 0 bridgehead atoms. The molecule has 0 aliphatic carbocycles. The van der Waals surface area contributed by atoms with E-state index in [1.165, 1.54) is 17.4 Å². The molecule has 4 heteroatoms. The van der Waals surface area contributed by atoms with Gasteiger partial charge in [-0.25, -0.2) is 0 Å². The topological polar surface area (TPSA) is 49.3 Å². The summed E-state index contributed by atoms with van der Waals surface area (Å²) in [5.41, 5.74) is 1.27. The van der Waals surface area contributed by atoms with E-state index in [0.717, 1.165) is 6.42 Å². The van der Waals surface area contributed by atoms with Crippen molar-refractivity contribution in [1.82, 2.24) is 5.32 Å². The standard InChI is InChI=1S/C10H15NO2S/c1-7-4-6-14-9(7)3-5-11-10(13)8(2)12/h4,6,8,12H,3,5H2,1-2H3,(H,11,13). The molecule has 0 saturated heterocycles. The van der Waals surface area contributed by atoms with Gasteiger partial charge in [-0.1, -0.05) is 0 Å². The number of rotatable bonds is 4. The number of hydrogen-bond donors (Lipinski definition) is 2. The lowest BCUT2D eigenvalue weighted by Gasteiger charge is -2.06. The van der Waals surface area contributed by atoms with Gasteiger partial charge in [0.1, 0.15) is 6.10 Å². The molecule has 0 aliphatic rings. The normalized spacial score (nSPS) is 12.5. The number of aliphatic hydroxyl groups is 1.